The van der Waals surface area contributed by atoms with Crippen LogP contribution in [0.3, 0.4) is 0 Å². The number of benzene rings is 2. The lowest BCUT2D eigenvalue weighted by molar-refractivity contribution is 0.124. The minimum absolute atomic E-state index is 0.379. The summed E-state index contributed by atoms with van der Waals surface area (Å²) in [7, 11) is 0. The third kappa shape index (κ3) is 2.87. The second-order valence-corrected chi connectivity index (χ2v) is 5.94. The molecule has 0 bridgehead atoms. The lowest BCUT2D eigenvalue weighted by atomic mass is 10.0. The van der Waals surface area contributed by atoms with Crippen LogP contribution in [0.25, 0.3) is 10.8 Å². The van der Waals surface area contributed by atoms with Crippen molar-refractivity contribution in [2.24, 2.45) is 5.92 Å². The molecule has 2 aromatic carbocycles. The number of nitrogens with zero attached hydrogens (tertiary/aromatic N) is 1. The molecule has 1 aliphatic rings. The van der Waals surface area contributed by atoms with Gasteiger partial charge < -0.3 is 10.0 Å². The van der Waals surface area contributed by atoms with Crippen LogP contribution >= 0.6 is 0 Å². The Labute approximate surface area is 121 Å². The molecule has 0 aliphatic carbocycles. The molecule has 1 aliphatic heterocycles. The van der Waals surface area contributed by atoms with Crippen LogP contribution in [0, 0.1) is 5.92 Å². The van der Waals surface area contributed by atoms with Gasteiger partial charge in [0.05, 0.1) is 6.10 Å². The van der Waals surface area contributed by atoms with Crippen molar-refractivity contribution in [3.05, 3.63) is 48.0 Å². The van der Waals surface area contributed by atoms with Crippen molar-refractivity contribution in [2.75, 3.05) is 19.6 Å². The quantitative estimate of drug-likeness (QED) is 0.916. The first-order valence-corrected chi connectivity index (χ1v) is 7.65. The minimum atomic E-state index is -0.379. The first kappa shape index (κ1) is 13.6. The highest BCUT2D eigenvalue weighted by Crippen LogP contribution is 2.24. The number of β-amino-alcohol motifs (C(OH)–C–C–N with tert-alkyl or cyclic N) is 1. The van der Waals surface area contributed by atoms with Crippen molar-refractivity contribution in [3.8, 4) is 0 Å². The fraction of sp³-hybridized carbons (Fsp3) is 0.444. The molecule has 2 atom stereocenters. The van der Waals surface area contributed by atoms with Crippen LogP contribution in [0.5, 0.6) is 0 Å². The summed E-state index contributed by atoms with van der Waals surface area (Å²) < 4.78 is 0. The van der Waals surface area contributed by atoms with E-state index in [9.17, 15) is 5.11 Å². The minimum Gasteiger partial charge on any atom is -0.387 e. The molecule has 106 valence electrons. The van der Waals surface area contributed by atoms with E-state index < -0.39 is 0 Å². The number of aliphatic hydroxyl groups excluding tert-OH is 1. The zero-order chi connectivity index (χ0) is 13.9. The molecular weight excluding hydrogens is 246 g/mol. The van der Waals surface area contributed by atoms with Gasteiger partial charge in [-0.15, -0.1) is 0 Å². The molecule has 0 radical (unpaired) electrons. The third-order valence-electron chi connectivity index (χ3n) is 4.54. The van der Waals surface area contributed by atoms with E-state index in [0.717, 1.165) is 31.1 Å². The van der Waals surface area contributed by atoms with Crippen LogP contribution in [0.1, 0.15) is 31.4 Å². The highest BCUT2D eigenvalue weighted by Gasteiger charge is 2.23. The van der Waals surface area contributed by atoms with Gasteiger partial charge in [0.1, 0.15) is 0 Å². The third-order valence-corrected chi connectivity index (χ3v) is 4.54. The van der Waals surface area contributed by atoms with Gasteiger partial charge in [-0.2, -0.15) is 0 Å². The summed E-state index contributed by atoms with van der Waals surface area (Å²) in [5.41, 5.74) is 1.03. The van der Waals surface area contributed by atoms with E-state index in [2.05, 4.69) is 42.2 Å². The topological polar surface area (TPSA) is 23.5 Å². The molecule has 1 N–H and O–H groups in total. The van der Waals surface area contributed by atoms with E-state index in [0.29, 0.717) is 0 Å². The van der Waals surface area contributed by atoms with Gasteiger partial charge in [0.25, 0.3) is 0 Å². The lowest BCUT2D eigenvalue weighted by Crippen LogP contribution is -2.26. The first-order chi connectivity index (χ1) is 9.76. The zero-order valence-electron chi connectivity index (χ0n) is 12.1. The number of likely N-dealkylation sites (tertiary alicyclic amines) is 1. The zero-order valence-corrected chi connectivity index (χ0v) is 12.1. The number of fused-ring (bicyclic) bond motifs is 1. The van der Waals surface area contributed by atoms with Crippen LogP contribution in [-0.2, 0) is 0 Å². The van der Waals surface area contributed by atoms with Gasteiger partial charge in [-0.3, -0.25) is 0 Å². The van der Waals surface area contributed by atoms with Gasteiger partial charge >= 0.3 is 0 Å². The second-order valence-electron chi connectivity index (χ2n) is 5.94. The van der Waals surface area contributed by atoms with E-state index in [-0.39, 0.29) is 6.10 Å². The normalized spacial score (nSPS) is 21.4. The van der Waals surface area contributed by atoms with Crippen LogP contribution < -0.4 is 0 Å². The van der Waals surface area contributed by atoms with Crippen LogP contribution in [0.2, 0.25) is 0 Å². The molecule has 0 spiro atoms. The summed E-state index contributed by atoms with van der Waals surface area (Å²) in [6, 6.07) is 14.6. The fourth-order valence-corrected chi connectivity index (χ4v) is 3.18. The highest BCUT2D eigenvalue weighted by atomic mass is 16.3. The molecule has 20 heavy (non-hydrogen) atoms. The molecule has 2 unspecified atom stereocenters. The van der Waals surface area contributed by atoms with Crippen molar-refractivity contribution in [1.29, 1.82) is 0 Å². The van der Waals surface area contributed by atoms with Gasteiger partial charge in [0.15, 0.2) is 0 Å². The maximum atomic E-state index is 10.5. The highest BCUT2D eigenvalue weighted by molar-refractivity contribution is 5.83. The van der Waals surface area contributed by atoms with Gasteiger partial charge in [0, 0.05) is 13.1 Å². The van der Waals surface area contributed by atoms with Crippen LogP contribution in [0.4, 0.5) is 0 Å². The summed E-state index contributed by atoms with van der Waals surface area (Å²) in [4.78, 5) is 2.40. The predicted octanol–water partition coefficient (Wildman–Crippen LogP) is 3.61. The van der Waals surface area contributed by atoms with Gasteiger partial charge in [-0.1, -0.05) is 49.7 Å². The van der Waals surface area contributed by atoms with Crippen molar-refractivity contribution in [3.63, 3.8) is 0 Å². The van der Waals surface area contributed by atoms with Crippen molar-refractivity contribution >= 4 is 10.8 Å². The summed E-state index contributed by atoms with van der Waals surface area (Å²) in [5, 5.41) is 12.9. The Morgan fingerprint density at radius 1 is 1.20 bits per heavy atom. The monoisotopic (exact) mass is 269 g/mol. The molecule has 1 fully saturated rings. The predicted molar refractivity (Wildman–Crippen MR) is 83.7 cm³/mol. The number of hydrogen-bond donors (Lipinski definition) is 1. The Bertz CT molecular complexity index is 580. The molecular formula is C18H23NO. The fourth-order valence-electron chi connectivity index (χ4n) is 3.18. The smallest absolute Gasteiger partial charge is 0.0917 e. The Morgan fingerprint density at radius 2 is 2.00 bits per heavy atom. The standard InChI is InChI=1S/C18H23NO/c1-2-14-9-10-19(12-14)13-18(20)17-8-7-15-5-3-4-6-16(15)11-17/h3-8,11,14,18,20H,2,9-10,12-13H2,1H3. The van der Waals surface area contributed by atoms with Crippen molar-refractivity contribution in [1.82, 2.24) is 4.90 Å². The molecule has 0 aromatic heterocycles. The Kier molecular flexibility index (Phi) is 4.04. The molecule has 2 nitrogen and oxygen atoms in total. The molecule has 0 saturated carbocycles. The van der Waals surface area contributed by atoms with E-state index in [4.69, 9.17) is 0 Å². The molecule has 2 heteroatoms. The van der Waals surface area contributed by atoms with E-state index >= 15 is 0 Å². The Morgan fingerprint density at radius 3 is 2.75 bits per heavy atom. The van der Waals surface area contributed by atoms with Gasteiger partial charge in [0.2, 0.25) is 0 Å². The maximum absolute atomic E-state index is 10.5. The number of rotatable bonds is 4. The maximum Gasteiger partial charge on any atom is 0.0917 e. The Balaban J connectivity index is 1.70. The van der Waals surface area contributed by atoms with E-state index in [1.807, 2.05) is 12.1 Å². The van der Waals surface area contributed by atoms with Gasteiger partial charge in [-0.05, 0) is 41.3 Å². The number of hydrogen-bond acceptors (Lipinski definition) is 2. The Hall–Kier alpha value is -1.38. The summed E-state index contributed by atoms with van der Waals surface area (Å²) in [6.07, 6.45) is 2.15. The lowest BCUT2D eigenvalue weighted by Gasteiger charge is -2.20. The average Bonchev–Trinajstić information content (AvgIpc) is 2.94. The van der Waals surface area contributed by atoms with Crippen molar-refractivity contribution in [2.45, 2.75) is 25.9 Å². The molecule has 0 amide bonds. The molecule has 2 aromatic rings. The van der Waals surface area contributed by atoms with E-state index in [1.165, 1.54) is 23.6 Å². The summed E-state index contributed by atoms with van der Waals surface area (Å²) in [5.74, 6) is 0.818. The number of aliphatic hydroxyl groups is 1. The van der Waals surface area contributed by atoms with E-state index in [1.54, 1.807) is 0 Å². The largest absolute Gasteiger partial charge is 0.387 e. The summed E-state index contributed by atoms with van der Waals surface area (Å²) in [6.45, 7) is 5.28. The van der Waals surface area contributed by atoms with Gasteiger partial charge in [-0.25, -0.2) is 0 Å². The first-order valence-electron chi connectivity index (χ1n) is 7.65. The molecule has 1 saturated heterocycles. The molecule has 1 heterocycles. The average molecular weight is 269 g/mol. The second kappa shape index (κ2) is 5.94. The van der Waals surface area contributed by atoms with Crippen LogP contribution in [-0.4, -0.2) is 29.6 Å². The summed E-state index contributed by atoms with van der Waals surface area (Å²) >= 11 is 0. The SMILES string of the molecule is CCC1CCN(CC(O)c2ccc3ccccc3c2)C1. The van der Waals surface area contributed by atoms with Crippen LogP contribution in [0.15, 0.2) is 42.5 Å². The van der Waals surface area contributed by atoms with Crippen molar-refractivity contribution < 1.29 is 5.11 Å². The molecule has 3 rings (SSSR count).